The Bertz CT molecular complexity index is 2150. The molecule has 324 valence electrons. The van der Waals surface area contributed by atoms with Crippen LogP contribution >= 0.6 is 11.6 Å². The zero-order chi connectivity index (χ0) is 44.4. The molecule has 0 saturated heterocycles. The molecule has 7 aromatic rings. The zero-order valence-corrected chi connectivity index (χ0v) is 40.1. The van der Waals surface area contributed by atoms with Crippen LogP contribution < -0.4 is 43.0 Å². The van der Waals surface area contributed by atoms with Crippen molar-refractivity contribution < 1.29 is 42.2 Å². The number of halogens is 1. The van der Waals surface area contributed by atoms with Crippen molar-refractivity contribution in [2.24, 2.45) is 0 Å². The Labute approximate surface area is 395 Å². The summed E-state index contributed by atoms with van der Waals surface area (Å²) in [6.07, 6.45) is 4.12. The Morgan fingerprint density at radius 3 is 1.24 bits per heavy atom. The number of rotatable bonds is 11. The van der Waals surface area contributed by atoms with Crippen molar-refractivity contribution in [3.8, 4) is 45.3 Å². The number of hydrogen-bond donors (Lipinski definition) is 0. The van der Waals surface area contributed by atoms with Crippen molar-refractivity contribution in [2.45, 2.75) is 58.2 Å². The molecule has 0 radical (unpaired) electrons. The monoisotopic (exact) mass is 872 g/mol. The number of methoxy groups -OCH3 is 4. The van der Waals surface area contributed by atoms with Crippen LogP contribution in [0.1, 0.15) is 51.7 Å². The van der Waals surface area contributed by atoms with Crippen LogP contribution in [-0.2, 0) is 4.43 Å². The molecule has 7 aromatic carbocycles. The molecule has 8 heteroatoms. The van der Waals surface area contributed by atoms with Gasteiger partial charge < -0.3 is 23.4 Å². The average Bonchev–Trinajstić information content (AvgIpc) is 3.69. The van der Waals surface area contributed by atoms with E-state index in [2.05, 4.69) is 75.4 Å². The summed E-state index contributed by atoms with van der Waals surface area (Å²) in [5.41, 5.74) is 6.28. The summed E-state index contributed by atoms with van der Waals surface area (Å²) in [5, 5.41) is 2.31. The van der Waals surface area contributed by atoms with Gasteiger partial charge in [-0.15, -0.1) is 0 Å². The van der Waals surface area contributed by atoms with Crippen molar-refractivity contribution in [1.29, 1.82) is 0 Å². The van der Waals surface area contributed by atoms with Crippen LogP contribution in [0.5, 0.6) is 23.0 Å². The molecule has 0 N–H and O–H groups in total. The quantitative estimate of drug-likeness (QED) is 0.0957. The topological polar surface area (TPSA) is 46.2 Å². The van der Waals surface area contributed by atoms with E-state index in [0.29, 0.717) is 6.10 Å². The van der Waals surface area contributed by atoms with Gasteiger partial charge >= 0.3 is 18.9 Å². The van der Waals surface area contributed by atoms with E-state index in [9.17, 15) is 0 Å². The molecule has 5 nitrogen and oxygen atoms in total. The molecule has 0 aromatic heterocycles. The second-order valence-electron chi connectivity index (χ2n) is 14.3. The largest absolute Gasteiger partial charge is 1.00 e. The van der Waals surface area contributed by atoms with Gasteiger partial charge in [0, 0.05) is 5.02 Å². The molecule has 1 heterocycles. The molecule has 0 saturated carbocycles. The molecule has 0 bridgehead atoms. The van der Waals surface area contributed by atoms with Crippen LogP contribution in [0.4, 0.5) is 0 Å². The molecular weight excluding hydrogens is 811 g/mol. The Hall–Kier alpha value is -5.20. The van der Waals surface area contributed by atoms with Gasteiger partial charge in [0.1, 0.15) is 23.0 Å². The second-order valence-corrected chi connectivity index (χ2v) is 18.9. The molecule has 8 rings (SSSR count). The van der Waals surface area contributed by atoms with Crippen LogP contribution in [0, 0.1) is 6.07 Å². The third-order valence-corrected chi connectivity index (χ3v) is 15.2. The fourth-order valence-corrected chi connectivity index (χ4v) is 10.7. The van der Waals surface area contributed by atoms with Crippen molar-refractivity contribution in [2.75, 3.05) is 28.4 Å². The summed E-state index contributed by atoms with van der Waals surface area (Å²) < 4.78 is 26.8. The molecule has 1 unspecified atom stereocenters. The van der Waals surface area contributed by atoms with Gasteiger partial charge in [-0.1, -0.05) is 136 Å². The van der Waals surface area contributed by atoms with Crippen LogP contribution in [-0.4, -0.2) is 36.8 Å². The number of fused-ring (bicyclic) bond motifs is 1. The maximum atomic E-state index is 6.56. The predicted molar refractivity (Wildman–Crippen MR) is 263 cm³/mol. The van der Waals surface area contributed by atoms with Gasteiger partial charge in [-0.2, -0.15) is 36.4 Å². The summed E-state index contributed by atoms with van der Waals surface area (Å²) in [4.78, 5) is 0. The zero-order valence-electron chi connectivity index (χ0n) is 38.4. The molecule has 0 amide bonds. The van der Waals surface area contributed by atoms with E-state index in [0.717, 1.165) is 28.0 Å². The van der Waals surface area contributed by atoms with Crippen LogP contribution in [0.15, 0.2) is 182 Å². The first-order chi connectivity index (χ1) is 30.3. The summed E-state index contributed by atoms with van der Waals surface area (Å²) in [6, 6.07) is 65.5. The second kappa shape index (κ2) is 29.2. The first-order valence-corrected chi connectivity index (χ1v) is 24.0. The standard InChI is InChI=1S/C15H24OSi.C14H14O2.C13H12O.C7H7ClO.C6H5.Li/c1-4-7-11-14-13-10-8-9-12-15(13)17(5-2,6-3)16-14;1-15-13-7-3-11(4-8-13)12-5-9-14(16-2)10-6-12;1-14-13-9-7-12(8-10-13)11-5-3-2-4-6-11;1-9-7-4-2-6(8)3-5-7;1-2-4-6-5-3-1;/h8-10,12,14H,4-7,11H2,1-3H3;3-10H,1-2H3;2-10H,1H3;2-5H,1H3;1-5H;/q;;;;-1;+1. The first kappa shape index (κ1) is 52.2. The maximum absolute atomic E-state index is 6.56. The summed E-state index contributed by atoms with van der Waals surface area (Å²) in [6.45, 7) is 6.86. The van der Waals surface area contributed by atoms with Crippen molar-refractivity contribution >= 4 is 25.1 Å². The minimum Gasteiger partial charge on any atom is -0.497 e. The van der Waals surface area contributed by atoms with Crippen LogP contribution in [0.3, 0.4) is 0 Å². The third-order valence-electron chi connectivity index (χ3n) is 10.5. The van der Waals surface area contributed by atoms with Crippen molar-refractivity contribution in [1.82, 2.24) is 0 Å². The molecule has 1 aliphatic rings. The number of unbranched alkanes of at least 4 members (excludes halogenated alkanes) is 1. The normalized spacial score (nSPS) is 12.5. The number of benzene rings is 7. The van der Waals surface area contributed by atoms with E-state index < -0.39 is 8.32 Å². The fourth-order valence-electron chi connectivity index (χ4n) is 6.89. The van der Waals surface area contributed by atoms with E-state index in [4.69, 9.17) is 35.0 Å². The molecular formula is C55H62ClLiO5Si. The minimum absolute atomic E-state index is 0. The average molecular weight is 874 g/mol. The predicted octanol–water partition coefficient (Wildman–Crippen LogP) is 11.7. The van der Waals surface area contributed by atoms with Gasteiger partial charge in [-0.05, 0) is 112 Å². The van der Waals surface area contributed by atoms with Crippen molar-refractivity contribution in [3.63, 3.8) is 0 Å². The molecule has 0 spiro atoms. The van der Waals surface area contributed by atoms with E-state index in [1.54, 1.807) is 45.8 Å². The SMILES string of the molecule is CCCCC1O[Si](CC)(CC)c2ccccc21.COc1ccc(-c2ccc(OC)cc2)cc1.COc1ccc(-c2ccccc2)cc1.COc1ccc(Cl)cc1.[Li+].[c-]1ccccc1. The Balaban J connectivity index is 0.000000216. The minimum atomic E-state index is -1.61. The summed E-state index contributed by atoms with van der Waals surface area (Å²) >= 11 is 5.61. The van der Waals surface area contributed by atoms with Gasteiger partial charge in [0.25, 0.3) is 0 Å². The Kier molecular flexibility index (Phi) is 24.2. The van der Waals surface area contributed by atoms with Gasteiger partial charge in [0.15, 0.2) is 0 Å². The van der Waals surface area contributed by atoms with E-state index in [-0.39, 0.29) is 18.9 Å². The van der Waals surface area contributed by atoms with Gasteiger partial charge in [-0.3, -0.25) is 0 Å². The van der Waals surface area contributed by atoms with E-state index >= 15 is 0 Å². The van der Waals surface area contributed by atoms with E-state index in [1.807, 2.05) is 121 Å². The van der Waals surface area contributed by atoms with Crippen molar-refractivity contribution in [3.05, 3.63) is 199 Å². The Morgan fingerprint density at radius 2 is 0.873 bits per heavy atom. The van der Waals surface area contributed by atoms with Gasteiger partial charge in [0.2, 0.25) is 8.32 Å². The molecule has 0 aliphatic carbocycles. The third kappa shape index (κ3) is 16.8. The number of ether oxygens (including phenoxy) is 4. The molecule has 63 heavy (non-hydrogen) atoms. The first-order valence-electron chi connectivity index (χ1n) is 21.3. The fraction of sp³-hybridized carbons (Fsp3) is 0.236. The van der Waals surface area contributed by atoms with Crippen LogP contribution in [0.2, 0.25) is 17.1 Å². The maximum Gasteiger partial charge on any atom is 1.00 e. The van der Waals surface area contributed by atoms with E-state index in [1.165, 1.54) is 59.2 Å². The smallest absolute Gasteiger partial charge is 0.497 e. The molecule has 1 aliphatic heterocycles. The summed E-state index contributed by atoms with van der Waals surface area (Å²) in [5.74, 6) is 3.47. The molecule has 0 fully saturated rings. The Morgan fingerprint density at radius 1 is 0.492 bits per heavy atom. The van der Waals surface area contributed by atoms with Gasteiger partial charge in [0.05, 0.1) is 34.5 Å². The van der Waals surface area contributed by atoms with Crippen LogP contribution in [0.25, 0.3) is 22.3 Å². The number of hydrogen-bond acceptors (Lipinski definition) is 5. The summed E-state index contributed by atoms with van der Waals surface area (Å²) in [7, 11) is 5.03. The molecule has 1 atom stereocenters. The van der Waals surface area contributed by atoms with Gasteiger partial charge in [-0.25, -0.2) is 0 Å².